The number of rotatable bonds is 4. The second kappa shape index (κ2) is 5.64. The molecule has 0 bridgehead atoms. The maximum absolute atomic E-state index is 13.5. The molecule has 0 saturated heterocycles. The van der Waals surface area contributed by atoms with E-state index < -0.39 is 16.6 Å². The molecule has 0 spiro atoms. The summed E-state index contributed by atoms with van der Waals surface area (Å²) in [5.41, 5.74) is 1.37. The van der Waals surface area contributed by atoms with E-state index in [0.29, 0.717) is 11.1 Å². The van der Waals surface area contributed by atoms with Crippen molar-refractivity contribution in [1.82, 2.24) is 0 Å². The van der Waals surface area contributed by atoms with Crippen LogP contribution in [0.2, 0.25) is 0 Å². The number of nitro benzene ring substituents is 1. The van der Waals surface area contributed by atoms with Gasteiger partial charge in [-0.25, -0.2) is 8.78 Å². The van der Waals surface area contributed by atoms with E-state index in [2.05, 4.69) is 5.32 Å². The van der Waals surface area contributed by atoms with Crippen LogP contribution in [0.1, 0.15) is 11.1 Å². The Morgan fingerprint density at radius 3 is 2.65 bits per heavy atom. The molecule has 2 aromatic rings. The molecule has 0 aromatic heterocycles. The molecule has 0 fully saturated rings. The Hall–Kier alpha value is -2.50. The van der Waals surface area contributed by atoms with E-state index in [1.165, 1.54) is 12.1 Å². The van der Waals surface area contributed by atoms with Crippen LogP contribution in [0, 0.1) is 28.7 Å². The summed E-state index contributed by atoms with van der Waals surface area (Å²) in [6.07, 6.45) is 0. The van der Waals surface area contributed by atoms with Crippen molar-refractivity contribution in [3.8, 4) is 0 Å². The highest BCUT2D eigenvalue weighted by molar-refractivity contribution is 5.49. The predicted molar refractivity (Wildman–Crippen MR) is 71.5 cm³/mol. The molecule has 0 radical (unpaired) electrons. The molecule has 0 aliphatic rings. The topological polar surface area (TPSA) is 55.2 Å². The van der Waals surface area contributed by atoms with Crippen molar-refractivity contribution in [2.75, 3.05) is 5.32 Å². The molecule has 4 nitrogen and oxygen atoms in total. The lowest BCUT2D eigenvalue weighted by Gasteiger charge is -2.10. The number of nitrogens with zero attached hydrogens (tertiary/aromatic N) is 1. The number of hydrogen-bond acceptors (Lipinski definition) is 3. The third-order valence-electron chi connectivity index (χ3n) is 3.01. The van der Waals surface area contributed by atoms with Crippen LogP contribution in [0.5, 0.6) is 0 Å². The van der Waals surface area contributed by atoms with Gasteiger partial charge in [-0.2, -0.15) is 0 Å². The summed E-state index contributed by atoms with van der Waals surface area (Å²) < 4.78 is 26.2. The van der Waals surface area contributed by atoms with E-state index in [1.807, 2.05) is 0 Å². The van der Waals surface area contributed by atoms with Gasteiger partial charge in [0.25, 0.3) is 5.69 Å². The molecular formula is C14H12F2N2O2. The maximum atomic E-state index is 13.5. The van der Waals surface area contributed by atoms with Gasteiger partial charge in [-0.3, -0.25) is 10.1 Å². The van der Waals surface area contributed by atoms with Gasteiger partial charge in [-0.1, -0.05) is 12.1 Å². The molecule has 0 saturated carbocycles. The van der Waals surface area contributed by atoms with Crippen LogP contribution in [0.25, 0.3) is 0 Å². The van der Waals surface area contributed by atoms with Crippen LogP contribution in [0.4, 0.5) is 20.2 Å². The van der Waals surface area contributed by atoms with E-state index in [-0.39, 0.29) is 17.9 Å². The minimum Gasteiger partial charge on any atom is -0.379 e. The lowest BCUT2D eigenvalue weighted by atomic mass is 10.1. The lowest BCUT2D eigenvalue weighted by Crippen LogP contribution is -2.04. The van der Waals surface area contributed by atoms with Crippen molar-refractivity contribution in [3.05, 3.63) is 69.3 Å². The zero-order valence-electron chi connectivity index (χ0n) is 10.7. The predicted octanol–water partition coefficient (Wildman–Crippen LogP) is 3.79. The summed E-state index contributed by atoms with van der Waals surface area (Å²) in [7, 11) is 0. The van der Waals surface area contributed by atoms with Gasteiger partial charge in [-0.05, 0) is 24.6 Å². The van der Waals surface area contributed by atoms with Crippen LogP contribution in [0.3, 0.4) is 0 Å². The third kappa shape index (κ3) is 2.90. The highest BCUT2D eigenvalue weighted by Crippen LogP contribution is 2.22. The van der Waals surface area contributed by atoms with Gasteiger partial charge in [0, 0.05) is 24.2 Å². The zero-order chi connectivity index (χ0) is 14.7. The van der Waals surface area contributed by atoms with Crippen LogP contribution >= 0.6 is 0 Å². The minimum absolute atomic E-state index is 0.0175. The Balaban J connectivity index is 2.19. The fraction of sp³-hybridized carbons (Fsp3) is 0.143. The number of hydrogen-bond donors (Lipinski definition) is 1. The van der Waals surface area contributed by atoms with Crippen molar-refractivity contribution < 1.29 is 13.7 Å². The molecule has 1 N–H and O–H groups in total. The van der Waals surface area contributed by atoms with E-state index in [9.17, 15) is 18.9 Å². The Kier molecular flexibility index (Phi) is 3.93. The average molecular weight is 278 g/mol. The highest BCUT2D eigenvalue weighted by Gasteiger charge is 2.13. The van der Waals surface area contributed by atoms with Crippen LogP contribution < -0.4 is 5.32 Å². The first-order valence-corrected chi connectivity index (χ1v) is 5.91. The smallest absolute Gasteiger partial charge is 0.272 e. The normalized spacial score (nSPS) is 10.3. The molecule has 2 aromatic carbocycles. The van der Waals surface area contributed by atoms with Gasteiger partial charge in [0.05, 0.1) is 10.6 Å². The van der Waals surface area contributed by atoms with Gasteiger partial charge in [-0.15, -0.1) is 0 Å². The average Bonchev–Trinajstić information content (AvgIpc) is 2.39. The van der Waals surface area contributed by atoms with Gasteiger partial charge in [0.1, 0.15) is 11.6 Å². The number of nitro groups is 1. The first-order valence-electron chi connectivity index (χ1n) is 5.91. The van der Waals surface area contributed by atoms with Gasteiger partial charge in [0.15, 0.2) is 0 Å². The van der Waals surface area contributed by atoms with E-state index in [1.54, 1.807) is 19.1 Å². The van der Waals surface area contributed by atoms with Gasteiger partial charge >= 0.3 is 0 Å². The zero-order valence-corrected chi connectivity index (χ0v) is 10.7. The summed E-state index contributed by atoms with van der Waals surface area (Å²) in [6.45, 7) is 1.85. The van der Waals surface area contributed by atoms with Crippen molar-refractivity contribution in [1.29, 1.82) is 0 Å². The second-order valence-corrected chi connectivity index (χ2v) is 4.30. The van der Waals surface area contributed by atoms with Crippen molar-refractivity contribution in [2.24, 2.45) is 0 Å². The van der Waals surface area contributed by atoms with Crippen molar-refractivity contribution >= 4 is 11.4 Å². The van der Waals surface area contributed by atoms with E-state index >= 15 is 0 Å². The first kappa shape index (κ1) is 13.9. The van der Waals surface area contributed by atoms with Gasteiger partial charge < -0.3 is 5.32 Å². The number of halogens is 2. The lowest BCUT2D eigenvalue weighted by molar-refractivity contribution is -0.385. The third-order valence-corrected chi connectivity index (χ3v) is 3.01. The number of nitrogens with one attached hydrogen (secondary N) is 1. The molecule has 20 heavy (non-hydrogen) atoms. The summed E-state index contributed by atoms with van der Waals surface area (Å²) in [4.78, 5) is 10.4. The molecule has 0 amide bonds. The largest absolute Gasteiger partial charge is 0.379 e. The molecule has 104 valence electrons. The summed E-state index contributed by atoms with van der Waals surface area (Å²) in [6, 6.07) is 7.92. The molecular weight excluding hydrogens is 266 g/mol. The molecule has 2 rings (SSSR count). The Morgan fingerprint density at radius 1 is 1.25 bits per heavy atom. The van der Waals surface area contributed by atoms with Gasteiger partial charge in [0.2, 0.25) is 0 Å². The molecule has 0 aliphatic heterocycles. The number of anilines is 1. The summed E-state index contributed by atoms with van der Waals surface area (Å²) in [5.74, 6) is -1.35. The molecule has 0 atom stereocenters. The molecule has 0 heterocycles. The molecule has 6 heteroatoms. The molecule has 0 aliphatic carbocycles. The van der Waals surface area contributed by atoms with E-state index in [0.717, 1.165) is 12.1 Å². The monoisotopic (exact) mass is 278 g/mol. The fourth-order valence-corrected chi connectivity index (χ4v) is 1.88. The Labute approximate surface area is 114 Å². The van der Waals surface area contributed by atoms with Crippen LogP contribution in [0.15, 0.2) is 36.4 Å². The van der Waals surface area contributed by atoms with Crippen LogP contribution in [-0.2, 0) is 6.54 Å². The highest BCUT2D eigenvalue weighted by atomic mass is 19.1. The van der Waals surface area contributed by atoms with E-state index in [4.69, 9.17) is 0 Å². The SMILES string of the molecule is Cc1c(CNc2ccc(F)cc2F)cccc1[N+](=O)[O-]. The standard InChI is InChI=1S/C14H12F2N2O2/c1-9-10(3-2-4-14(9)18(19)20)8-17-13-6-5-11(15)7-12(13)16/h2-7,17H,8H2,1H3. The maximum Gasteiger partial charge on any atom is 0.272 e. The second-order valence-electron chi connectivity index (χ2n) is 4.30. The quantitative estimate of drug-likeness (QED) is 0.683. The fourth-order valence-electron chi connectivity index (χ4n) is 1.88. The Bertz CT molecular complexity index is 660. The summed E-state index contributed by atoms with van der Waals surface area (Å²) in [5, 5.41) is 13.6. The molecule has 0 unspecified atom stereocenters. The minimum atomic E-state index is -0.701. The number of benzene rings is 2. The van der Waals surface area contributed by atoms with Crippen molar-refractivity contribution in [2.45, 2.75) is 13.5 Å². The first-order chi connectivity index (χ1) is 9.49. The Morgan fingerprint density at radius 2 is 2.00 bits per heavy atom. The van der Waals surface area contributed by atoms with Crippen molar-refractivity contribution in [3.63, 3.8) is 0 Å². The van der Waals surface area contributed by atoms with Crippen LogP contribution in [-0.4, -0.2) is 4.92 Å². The summed E-state index contributed by atoms with van der Waals surface area (Å²) >= 11 is 0.